The van der Waals surface area contributed by atoms with Crippen molar-refractivity contribution in [3.63, 3.8) is 0 Å². The smallest absolute Gasteiger partial charge is 0.0998 e. The summed E-state index contributed by atoms with van der Waals surface area (Å²) in [5.74, 6) is 0. The first-order valence-corrected chi connectivity index (χ1v) is 22.4. The van der Waals surface area contributed by atoms with Crippen LogP contribution in [0.1, 0.15) is 11.1 Å². The minimum Gasteiger partial charge on any atom is -0.192 e. The average Bonchev–Trinajstić information content (AvgIpc) is 3.87. The summed E-state index contributed by atoms with van der Waals surface area (Å²) in [5, 5.41) is 33.3. The lowest BCUT2D eigenvalue weighted by Crippen LogP contribution is -1.94. The zero-order valence-electron chi connectivity index (χ0n) is 35.5. The van der Waals surface area contributed by atoms with Gasteiger partial charge in [0, 0.05) is 11.1 Å². The van der Waals surface area contributed by atoms with E-state index in [1.54, 1.807) is 0 Å². The molecule has 0 aliphatic heterocycles. The molecule has 0 fully saturated rings. The molecule has 14 rings (SSSR count). The normalized spacial score (nSPS) is 11.9. The molecule has 0 heterocycles. The lowest BCUT2D eigenvalue weighted by atomic mass is 9.83. The van der Waals surface area contributed by atoms with Gasteiger partial charge in [-0.05, 0) is 192 Å². The second-order valence-electron chi connectivity index (χ2n) is 17.7. The maximum Gasteiger partial charge on any atom is 0.0998 e. The predicted octanol–water partition coefficient (Wildman–Crippen LogP) is 17.2. The van der Waals surface area contributed by atoms with Crippen LogP contribution in [0.25, 0.3) is 143 Å². The van der Waals surface area contributed by atoms with Crippen molar-refractivity contribution in [3.8, 4) is 101 Å². The van der Waals surface area contributed by atoms with E-state index in [1.165, 1.54) is 66.1 Å². The molecule has 66 heavy (non-hydrogen) atoms. The van der Waals surface area contributed by atoms with Gasteiger partial charge in [-0.1, -0.05) is 146 Å². The molecule has 0 amide bonds. The fourth-order valence-electron chi connectivity index (χ4n) is 11.4. The predicted molar refractivity (Wildman–Crippen MR) is 274 cm³/mol. The van der Waals surface area contributed by atoms with Crippen molar-refractivity contribution in [1.82, 2.24) is 0 Å². The Balaban J connectivity index is 1.17. The van der Waals surface area contributed by atoms with Crippen LogP contribution in [0.5, 0.6) is 0 Å². The van der Waals surface area contributed by atoms with Crippen molar-refractivity contribution in [1.29, 1.82) is 10.5 Å². The third-order valence-corrected chi connectivity index (χ3v) is 14.4. The lowest BCUT2D eigenvalue weighted by molar-refractivity contribution is 1.48. The standard InChI is InChI=1S/C64H34N2/c65-35-43-25-23-41(37-11-3-1-4-12-37)27-49(43)55-33-61-60-32-54-48-22-10-18-40-16-8-20-46(64(40)48)52(54)30-58(60)56(50-28-42(24-26-44(50)36-66)38-13-5-2-6-14-38)34-62(61)59-31-53-47-21-9-17-39-15-7-19-45(63(39)47)51(53)29-57(55)59/h1-34H. The molecular weight excluding hydrogens is 797 g/mol. The van der Waals surface area contributed by atoms with Crippen LogP contribution < -0.4 is 0 Å². The van der Waals surface area contributed by atoms with E-state index in [-0.39, 0.29) is 0 Å². The van der Waals surface area contributed by atoms with Crippen LogP contribution >= 0.6 is 0 Å². The average molecular weight is 831 g/mol. The van der Waals surface area contributed by atoms with Gasteiger partial charge in [-0.15, -0.1) is 0 Å². The zero-order valence-corrected chi connectivity index (χ0v) is 35.5. The van der Waals surface area contributed by atoms with Crippen molar-refractivity contribution in [2.24, 2.45) is 0 Å². The number of nitrogens with zero attached hydrogens (tertiary/aromatic N) is 2. The first-order valence-electron chi connectivity index (χ1n) is 22.4. The quantitative estimate of drug-likeness (QED) is 0.166. The summed E-state index contributed by atoms with van der Waals surface area (Å²) in [4.78, 5) is 0. The molecule has 0 spiro atoms. The Kier molecular flexibility index (Phi) is 7.56. The van der Waals surface area contributed by atoms with Gasteiger partial charge in [-0.2, -0.15) is 10.5 Å². The Bertz CT molecular complexity index is 3940. The number of hydrogen-bond donors (Lipinski definition) is 0. The summed E-state index contributed by atoms with van der Waals surface area (Å²) in [6.45, 7) is 0. The Morgan fingerprint density at radius 1 is 0.227 bits per heavy atom. The molecule has 12 aromatic carbocycles. The SMILES string of the molecule is N#Cc1ccc(-c2ccccc2)cc1-c1cc2c3cc4c(cc3c(-c3cc(-c5ccccc5)ccc3C#N)cc2c2cc3c(cc12)-c1cccc2cccc-3c12)-c1cccc2cccc-4c12. The number of hydrogen-bond acceptors (Lipinski definition) is 2. The summed E-state index contributed by atoms with van der Waals surface area (Å²) < 4.78 is 0. The van der Waals surface area contributed by atoms with Gasteiger partial charge in [-0.25, -0.2) is 0 Å². The Morgan fingerprint density at radius 2 is 0.561 bits per heavy atom. The van der Waals surface area contributed by atoms with Gasteiger partial charge in [0.15, 0.2) is 0 Å². The second-order valence-corrected chi connectivity index (χ2v) is 17.7. The Morgan fingerprint density at radius 3 is 0.924 bits per heavy atom. The van der Waals surface area contributed by atoms with E-state index in [9.17, 15) is 10.5 Å². The summed E-state index contributed by atoms with van der Waals surface area (Å²) in [5.41, 5.74) is 19.1. The zero-order chi connectivity index (χ0) is 43.6. The van der Waals surface area contributed by atoms with Gasteiger partial charge in [0.1, 0.15) is 0 Å². The summed E-state index contributed by atoms with van der Waals surface area (Å²) in [6, 6.07) is 79.3. The summed E-state index contributed by atoms with van der Waals surface area (Å²) >= 11 is 0. The molecule has 0 radical (unpaired) electrons. The lowest BCUT2D eigenvalue weighted by Gasteiger charge is -2.20. The van der Waals surface area contributed by atoms with Crippen LogP contribution in [0.15, 0.2) is 206 Å². The van der Waals surface area contributed by atoms with Crippen LogP contribution in [-0.2, 0) is 0 Å². The maximum absolute atomic E-state index is 10.9. The van der Waals surface area contributed by atoms with Gasteiger partial charge < -0.3 is 0 Å². The summed E-state index contributed by atoms with van der Waals surface area (Å²) in [6.07, 6.45) is 0. The monoisotopic (exact) mass is 830 g/mol. The highest BCUT2D eigenvalue weighted by molar-refractivity contribution is 6.29. The van der Waals surface area contributed by atoms with Gasteiger partial charge in [0.25, 0.3) is 0 Å². The van der Waals surface area contributed by atoms with E-state index in [2.05, 4.69) is 194 Å². The summed E-state index contributed by atoms with van der Waals surface area (Å²) in [7, 11) is 0. The molecular formula is C64H34N2. The van der Waals surface area contributed by atoms with Gasteiger partial charge >= 0.3 is 0 Å². The molecule has 2 aliphatic carbocycles. The van der Waals surface area contributed by atoms with Crippen molar-refractivity contribution in [2.75, 3.05) is 0 Å². The minimum atomic E-state index is 0.626. The molecule has 2 aliphatic rings. The van der Waals surface area contributed by atoms with Crippen LogP contribution in [0.2, 0.25) is 0 Å². The molecule has 0 saturated carbocycles. The van der Waals surface area contributed by atoms with Crippen molar-refractivity contribution in [3.05, 3.63) is 217 Å². The van der Waals surface area contributed by atoms with E-state index < -0.39 is 0 Å². The van der Waals surface area contributed by atoms with E-state index in [4.69, 9.17) is 0 Å². The third-order valence-electron chi connectivity index (χ3n) is 14.4. The molecule has 12 aromatic rings. The van der Waals surface area contributed by atoms with E-state index in [0.29, 0.717) is 11.1 Å². The number of nitriles is 2. The topological polar surface area (TPSA) is 47.6 Å². The Hall–Kier alpha value is -9.08. The fourth-order valence-corrected chi connectivity index (χ4v) is 11.4. The van der Waals surface area contributed by atoms with Gasteiger partial charge in [0.05, 0.1) is 23.3 Å². The minimum absolute atomic E-state index is 0.626. The molecule has 2 nitrogen and oxygen atoms in total. The Labute approximate surface area is 381 Å². The highest BCUT2D eigenvalue weighted by atomic mass is 14.3. The van der Waals surface area contributed by atoms with Crippen LogP contribution in [0.3, 0.4) is 0 Å². The van der Waals surface area contributed by atoms with Crippen molar-refractivity contribution >= 4 is 53.9 Å². The molecule has 0 N–H and O–H groups in total. The van der Waals surface area contributed by atoms with Crippen LogP contribution in [0.4, 0.5) is 0 Å². The third kappa shape index (κ3) is 5.10. The van der Waals surface area contributed by atoms with Crippen molar-refractivity contribution < 1.29 is 0 Å². The molecule has 0 unspecified atom stereocenters. The highest BCUT2D eigenvalue weighted by Gasteiger charge is 2.27. The molecule has 0 saturated heterocycles. The largest absolute Gasteiger partial charge is 0.192 e. The van der Waals surface area contributed by atoms with Crippen LogP contribution in [-0.4, -0.2) is 0 Å². The van der Waals surface area contributed by atoms with Gasteiger partial charge in [-0.3, -0.25) is 0 Å². The van der Waals surface area contributed by atoms with Gasteiger partial charge in [0.2, 0.25) is 0 Å². The molecule has 2 heteroatoms. The number of fused-ring (bicyclic) bond motifs is 11. The first kappa shape index (κ1) is 36.4. The second kappa shape index (κ2) is 13.7. The first-order chi connectivity index (χ1) is 32.6. The maximum atomic E-state index is 10.9. The number of rotatable bonds is 4. The highest BCUT2D eigenvalue weighted by Crippen LogP contribution is 2.54. The van der Waals surface area contributed by atoms with Crippen molar-refractivity contribution in [2.45, 2.75) is 0 Å². The molecule has 0 bridgehead atoms. The number of benzene rings is 12. The molecule has 0 atom stereocenters. The van der Waals surface area contributed by atoms with E-state index in [1.807, 2.05) is 24.3 Å². The van der Waals surface area contributed by atoms with E-state index >= 15 is 0 Å². The molecule has 300 valence electrons. The molecule has 0 aromatic heterocycles. The van der Waals surface area contributed by atoms with E-state index in [0.717, 1.165) is 76.8 Å². The fraction of sp³-hybridized carbons (Fsp3) is 0. The van der Waals surface area contributed by atoms with Crippen LogP contribution in [0, 0.1) is 22.7 Å².